The normalized spacial score (nSPS) is 25.9. The molecule has 3 nitrogen and oxygen atoms in total. The summed E-state index contributed by atoms with van der Waals surface area (Å²) in [6.45, 7) is 1.47. The lowest BCUT2D eigenvalue weighted by Crippen LogP contribution is -2.35. The van der Waals surface area contributed by atoms with E-state index in [1.54, 1.807) is 0 Å². The van der Waals surface area contributed by atoms with Crippen molar-refractivity contribution in [2.75, 3.05) is 20.3 Å². The molecule has 0 amide bonds. The summed E-state index contributed by atoms with van der Waals surface area (Å²) >= 11 is 0. The van der Waals surface area contributed by atoms with Gasteiger partial charge in [-0.05, 0) is 45.1 Å². The van der Waals surface area contributed by atoms with Gasteiger partial charge in [-0.1, -0.05) is 12.8 Å². The molecule has 1 aliphatic rings. The number of hydrogen-bond acceptors (Lipinski definition) is 3. The number of rotatable bonds is 8. The van der Waals surface area contributed by atoms with E-state index in [2.05, 4.69) is 5.32 Å². The summed E-state index contributed by atoms with van der Waals surface area (Å²) in [4.78, 5) is 0. The third-order valence-electron chi connectivity index (χ3n) is 3.53. The molecule has 0 aliphatic heterocycles. The van der Waals surface area contributed by atoms with Crippen molar-refractivity contribution >= 4 is 0 Å². The SMILES string of the molecule is COC1CCC(NCCCCCCO)CC1. The Morgan fingerprint density at radius 1 is 1.06 bits per heavy atom. The second kappa shape index (κ2) is 8.97. The Morgan fingerprint density at radius 3 is 2.38 bits per heavy atom. The van der Waals surface area contributed by atoms with Crippen molar-refractivity contribution < 1.29 is 9.84 Å². The molecule has 96 valence electrons. The molecule has 1 saturated carbocycles. The fraction of sp³-hybridized carbons (Fsp3) is 1.00. The molecule has 0 aromatic carbocycles. The van der Waals surface area contributed by atoms with Crippen LogP contribution in [0.5, 0.6) is 0 Å². The predicted octanol–water partition coefficient (Wildman–Crippen LogP) is 2.09. The van der Waals surface area contributed by atoms with Crippen LogP contribution in [0, 0.1) is 0 Å². The maximum absolute atomic E-state index is 8.65. The molecule has 3 heteroatoms. The first-order chi connectivity index (χ1) is 7.86. The van der Waals surface area contributed by atoms with E-state index < -0.39 is 0 Å². The molecule has 0 bridgehead atoms. The van der Waals surface area contributed by atoms with Crippen LogP contribution in [0.2, 0.25) is 0 Å². The summed E-state index contributed by atoms with van der Waals surface area (Å²) in [5.74, 6) is 0. The predicted molar refractivity (Wildman–Crippen MR) is 66.6 cm³/mol. The highest BCUT2D eigenvalue weighted by molar-refractivity contribution is 4.77. The highest BCUT2D eigenvalue weighted by Crippen LogP contribution is 2.20. The van der Waals surface area contributed by atoms with Gasteiger partial charge in [0.1, 0.15) is 0 Å². The van der Waals surface area contributed by atoms with Crippen molar-refractivity contribution in [2.45, 2.75) is 63.5 Å². The number of aliphatic hydroxyl groups excluding tert-OH is 1. The first-order valence-corrected chi connectivity index (χ1v) is 6.74. The quantitative estimate of drug-likeness (QED) is 0.626. The van der Waals surface area contributed by atoms with Crippen molar-refractivity contribution in [2.24, 2.45) is 0 Å². The number of nitrogens with one attached hydrogen (secondary N) is 1. The summed E-state index contributed by atoms with van der Waals surface area (Å²) in [6.07, 6.45) is 10.0. The number of unbranched alkanes of at least 4 members (excludes halogenated alkanes) is 3. The molecular formula is C13H27NO2. The van der Waals surface area contributed by atoms with Gasteiger partial charge in [-0.15, -0.1) is 0 Å². The lowest BCUT2D eigenvalue weighted by molar-refractivity contribution is 0.0625. The zero-order valence-electron chi connectivity index (χ0n) is 10.6. The van der Waals surface area contributed by atoms with Crippen LogP contribution in [0.4, 0.5) is 0 Å². The highest BCUT2D eigenvalue weighted by atomic mass is 16.5. The van der Waals surface area contributed by atoms with Gasteiger partial charge in [0.05, 0.1) is 6.10 Å². The third-order valence-corrected chi connectivity index (χ3v) is 3.53. The average Bonchev–Trinajstić information content (AvgIpc) is 2.34. The van der Waals surface area contributed by atoms with Crippen molar-refractivity contribution in [1.82, 2.24) is 5.32 Å². The number of ether oxygens (including phenoxy) is 1. The van der Waals surface area contributed by atoms with Gasteiger partial charge in [-0.3, -0.25) is 0 Å². The summed E-state index contributed by atoms with van der Waals surface area (Å²) < 4.78 is 5.36. The topological polar surface area (TPSA) is 41.5 Å². The number of methoxy groups -OCH3 is 1. The number of hydrogen-bond donors (Lipinski definition) is 2. The van der Waals surface area contributed by atoms with Gasteiger partial charge in [-0.2, -0.15) is 0 Å². The molecule has 0 aromatic rings. The van der Waals surface area contributed by atoms with Gasteiger partial charge in [0.25, 0.3) is 0 Å². The van der Waals surface area contributed by atoms with Crippen molar-refractivity contribution in [1.29, 1.82) is 0 Å². The Kier molecular flexibility index (Phi) is 7.81. The molecule has 0 aromatic heterocycles. The van der Waals surface area contributed by atoms with Crippen LogP contribution < -0.4 is 5.32 Å². The summed E-state index contributed by atoms with van der Waals surface area (Å²) in [5, 5.41) is 12.3. The van der Waals surface area contributed by atoms with Crippen LogP contribution >= 0.6 is 0 Å². The van der Waals surface area contributed by atoms with Gasteiger partial charge in [0, 0.05) is 19.8 Å². The van der Waals surface area contributed by atoms with Gasteiger partial charge < -0.3 is 15.2 Å². The minimum Gasteiger partial charge on any atom is -0.396 e. The minimum absolute atomic E-state index is 0.342. The lowest BCUT2D eigenvalue weighted by atomic mass is 9.93. The Morgan fingerprint density at radius 2 is 1.75 bits per heavy atom. The second-order valence-electron chi connectivity index (χ2n) is 4.80. The van der Waals surface area contributed by atoms with Crippen LogP contribution in [0.1, 0.15) is 51.4 Å². The molecule has 1 aliphatic carbocycles. The van der Waals surface area contributed by atoms with E-state index in [4.69, 9.17) is 9.84 Å². The molecule has 0 radical (unpaired) electrons. The van der Waals surface area contributed by atoms with Crippen molar-refractivity contribution in [3.63, 3.8) is 0 Å². The van der Waals surface area contributed by atoms with E-state index in [9.17, 15) is 0 Å². The lowest BCUT2D eigenvalue weighted by Gasteiger charge is -2.28. The molecule has 0 atom stereocenters. The average molecular weight is 229 g/mol. The Balaban J connectivity index is 1.90. The fourth-order valence-corrected chi connectivity index (χ4v) is 2.40. The summed E-state index contributed by atoms with van der Waals surface area (Å²) in [7, 11) is 1.82. The molecule has 2 N–H and O–H groups in total. The van der Waals surface area contributed by atoms with Crippen LogP contribution in [-0.2, 0) is 4.74 Å². The summed E-state index contributed by atoms with van der Waals surface area (Å²) in [5.41, 5.74) is 0. The molecule has 16 heavy (non-hydrogen) atoms. The third kappa shape index (κ3) is 5.83. The van der Waals surface area contributed by atoms with Gasteiger partial charge in [0.2, 0.25) is 0 Å². The molecule has 0 spiro atoms. The van der Waals surface area contributed by atoms with Crippen molar-refractivity contribution in [3.8, 4) is 0 Å². The zero-order valence-corrected chi connectivity index (χ0v) is 10.6. The van der Waals surface area contributed by atoms with E-state index in [0.717, 1.165) is 19.4 Å². The second-order valence-corrected chi connectivity index (χ2v) is 4.80. The maximum Gasteiger partial charge on any atom is 0.0572 e. The first kappa shape index (κ1) is 13.9. The van der Waals surface area contributed by atoms with Gasteiger partial charge >= 0.3 is 0 Å². The van der Waals surface area contributed by atoms with Crippen LogP contribution in [0.25, 0.3) is 0 Å². The van der Waals surface area contributed by atoms with Crippen LogP contribution in [-0.4, -0.2) is 37.5 Å². The Bertz CT molecular complexity index is 156. The van der Waals surface area contributed by atoms with Crippen molar-refractivity contribution in [3.05, 3.63) is 0 Å². The smallest absolute Gasteiger partial charge is 0.0572 e. The summed E-state index contributed by atoms with van der Waals surface area (Å²) in [6, 6.07) is 0.712. The first-order valence-electron chi connectivity index (χ1n) is 6.74. The number of aliphatic hydroxyl groups is 1. The van der Waals surface area contributed by atoms with E-state index >= 15 is 0 Å². The maximum atomic E-state index is 8.65. The van der Waals surface area contributed by atoms with Crippen LogP contribution in [0.3, 0.4) is 0 Å². The largest absolute Gasteiger partial charge is 0.396 e. The van der Waals surface area contributed by atoms with Gasteiger partial charge in [0.15, 0.2) is 0 Å². The Labute approximate surface area is 99.6 Å². The molecule has 1 rings (SSSR count). The Hall–Kier alpha value is -0.120. The van der Waals surface area contributed by atoms with E-state index in [-0.39, 0.29) is 0 Å². The van der Waals surface area contributed by atoms with E-state index in [0.29, 0.717) is 18.8 Å². The molecule has 1 fully saturated rings. The molecule has 0 heterocycles. The minimum atomic E-state index is 0.342. The van der Waals surface area contributed by atoms with E-state index in [1.165, 1.54) is 38.5 Å². The zero-order chi connectivity index (χ0) is 11.6. The molecular weight excluding hydrogens is 202 g/mol. The van der Waals surface area contributed by atoms with E-state index in [1.807, 2.05) is 7.11 Å². The monoisotopic (exact) mass is 229 g/mol. The van der Waals surface area contributed by atoms with Crippen LogP contribution in [0.15, 0.2) is 0 Å². The standard InChI is InChI=1S/C13H27NO2/c1-16-13-8-6-12(7-9-13)14-10-4-2-3-5-11-15/h12-15H,2-11H2,1H3. The van der Waals surface area contributed by atoms with Gasteiger partial charge in [-0.25, -0.2) is 0 Å². The molecule has 0 saturated heterocycles. The fourth-order valence-electron chi connectivity index (χ4n) is 2.40. The molecule has 0 unspecified atom stereocenters. The highest BCUT2D eigenvalue weighted by Gasteiger charge is 2.19.